The fourth-order valence-corrected chi connectivity index (χ4v) is 3.29. The fraction of sp³-hybridized carbons (Fsp3) is 0.600. The quantitative estimate of drug-likeness (QED) is 0.295. The highest BCUT2D eigenvalue weighted by Gasteiger charge is 2.19. The average Bonchev–Trinajstić information content (AvgIpc) is 2.45. The second-order valence-corrected chi connectivity index (χ2v) is 5.98. The van der Waals surface area contributed by atoms with E-state index in [1.54, 1.807) is 0 Å². The highest BCUT2D eigenvalue weighted by Crippen LogP contribution is 2.22. The Morgan fingerprint density at radius 2 is 1.30 bits per heavy atom. The molecule has 2 atom stereocenters. The van der Waals surface area contributed by atoms with Crippen LogP contribution in [0.5, 0.6) is 0 Å². The summed E-state index contributed by atoms with van der Waals surface area (Å²) in [7, 11) is 1.88. The van der Waals surface area contributed by atoms with Gasteiger partial charge in [0.2, 0.25) is 23.6 Å². The van der Waals surface area contributed by atoms with Crippen LogP contribution >= 0.6 is 21.6 Å². The Morgan fingerprint density at radius 1 is 0.950 bits per heavy atom. The van der Waals surface area contributed by atoms with E-state index in [2.05, 4.69) is 0 Å². The van der Waals surface area contributed by atoms with Crippen molar-refractivity contribution in [2.45, 2.75) is 25.8 Å². The van der Waals surface area contributed by atoms with Gasteiger partial charge in [0.05, 0.1) is 0 Å². The summed E-state index contributed by atoms with van der Waals surface area (Å²) in [6, 6.07) is -2.55. The molecule has 0 fully saturated rings. The molecule has 20 heavy (non-hydrogen) atoms. The van der Waals surface area contributed by atoms with Crippen LogP contribution in [0.15, 0.2) is 0 Å². The van der Waals surface area contributed by atoms with E-state index in [0.717, 1.165) is 21.6 Å². The summed E-state index contributed by atoms with van der Waals surface area (Å²) in [5.41, 5.74) is 10.2. The molecular weight excluding hydrogens is 304 g/mol. The van der Waals surface area contributed by atoms with E-state index in [0.29, 0.717) is 0 Å². The largest absolute Gasteiger partial charge is 0.368 e. The summed E-state index contributed by atoms with van der Waals surface area (Å²) in [4.78, 5) is 45.3. The molecule has 0 saturated carbocycles. The molecule has 0 radical (unpaired) electrons. The standard InChI is InChI=1S/C10H18N4O4S2/c1-5(15)13-7(9(11)17)3-19-20-4-8(10(12)18)14-6(2)16/h7-8H,3-4H2,1-2H3,(H2,11,17)(H2,12,18)(H,13,15)(H,14,16)/t7-,8-/m0/s1/i1D3,2D3. The lowest BCUT2D eigenvalue weighted by molar-refractivity contribution is -0.125. The Hall–Kier alpha value is -1.42. The Kier molecular flexibility index (Phi) is 4.89. The normalized spacial score (nSPS) is 18.8. The smallest absolute Gasteiger partial charge is 0.240 e. The first-order valence-corrected chi connectivity index (χ1v) is 7.60. The third kappa shape index (κ3) is 8.64. The van der Waals surface area contributed by atoms with Crippen LogP contribution in [-0.2, 0) is 19.2 Å². The van der Waals surface area contributed by atoms with Crippen molar-refractivity contribution < 1.29 is 27.4 Å². The Balaban J connectivity index is 4.57. The Morgan fingerprint density at radius 3 is 1.55 bits per heavy atom. The number of hydrogen-bond donors (Lipinski definition) is 4. The number of hydrogen-bond acceptors (Lipinski definition) is 6. The first kappa shape index (κ1) is 10.3. The average molecular weight is 328 g/mol. The maximum Gasteiger partial charge on any atom is 0.240 e. The third-order valence-electron chi connectivity index (χ3n) is 1.85. The molecule has 0 heterocycles. The van der Waals surface area contributed by atoms with Crippen molar-refractivity contribution in [3.63, 3.8) is 0 Å². The van der Waals surface area contributed by atoms with Gasteiger partial charge in [0.15, 0.2) is 0 Å². The minimum atomic E-state index is -2.94. The van der Waals surface area contributed by atoms with Gasteiger partial charge in [0.25, 0.3) is 0 Å². The van der Waals surface area contributed by atoms with Crippen LogP contribution in [0, 0.1) is 0 Å². The summed E-state index contributed by atoms with van der Waals surface area (Å²) in [5.74, 6) is -4.85. The number of nitrogens with one attached hydrogen (secondary N) is 2. The second-order valence-electron chi connectivity index (χ2n) is 3.43. The van der Waals surface area contributed by atoms with Crippen molar-refractivity contribution in [3.05, 3.63) is 0 Å². The molecular formula is C10H18N4O4S2. The van der Waals surface area contributed by atoms with Crippen molar-refractivity contribution in [2.75, 3.05) is 11.5 Å². The predicted molar refractivity (Wildman–Crippen MR) is 78.5 cm³/mol. The number of carbonyl (C=O) groups excluding carboxylic acids is 4. The number of amides is 4. The van der Waals surface area contributed by atoms with Gasteiger partial charge in [0, 0.05) is 33.4 Å². The molecule has 10 heteroatoms. The number of nitrogens with two attached hydrogens (primary N) is 2. The molecule has 6 N–H and O–H groups in total. The highest BCUT2D eigenvalue weighted by atomic mass is 33.1. The number of rotatable bonds is 9. The lowest BCUT2D eigenvalue weighted by Crippen LogP contribution is -2.46. The van der Waals surface area contributed by atoms with Crippen LogP contribution in [0.3, 0.4) is 0 Å². The molecule has 0 rings (SSSR count). The van der Waals surface area contributed by atoms with Gasteiger partial charge in [-0.2, -0.15) is 0 Å². The van der Waals surface area contributed by atoms with E-state index in [1.807, 2.05) is 10.6 Å². The summed E-state index contributed by atoms with van der Waals surface area (Å²) < 4.78 is 41.5. The van der Waals surface area contributed by atoms with Crippen molar-refractivity contribution in [2.24, 2.45) is 11.5 Å². The van der Waals surface area contributed by atoms with E-state index in [-0.39, 0.29) is 11.5 Å². The highest BCUT2D eigenvalue weighted by molar-refractivity contribution is 8.76. The Bertz CT molecular complexity index is 509. The summed E-state index contributed by atoms with van der Waals surface area (Å²) in [5, 5.41) is 3.95. The van der Waals surface area contributed by atoms with Gasteiger partial charge >= 0.3 is 0 Å². The summed E-state index contributed by atoms with van der Waals surface area (Å²) in [6.07, 6.45) is 0. The van der Waals surface area contributed by atoms with E-state index in [9.17, 15) is 19.2 Å². The monoisotopic (exact) mass is 328 g/mol. The SMILES string of the molecule is [2H]C([2H])([2H])C(=O)N[C@@H](CSSC[C@H](NC(=O)C([2H])([2H])[2H])C(N)=O)C(N)=O. The molecule has 0 aromatic heterocycles. The van der Waals surface area contributed by atoms with Crippen molar-refractivity contribution >= 4 is 45.2 Å². The zero-order valence-corrected chi connectivity index (χ0v) is 11.8. The lowest BCUT2D eigenvalue weighted by Gasteiger charge is -2.15. The summed E-state index contributed by atoms with van der Waals surface area (Å²) >= 11 is 0. The van der Waals surface area contributed by atoms with Gasteiger partial charge in [-0.3, -0.25) is 19.2 Å². The van der Waals surface area contributed by atoms with Crippen molar-refractivity contribution in [1.29, 1.82) is 0 Å². The molecule has 0 aliphatic carbocycles. The molecule has 0 aliphatic heterocycles. The molecule has 0 aromatic carbocycles. The molecule has 4 amide bonds. The van der Waals surface area contributed by atoms with Crippen LogP contribution in [0.4, 0.5) is 0 Å². The van der Waals surface area contributed by atoms with Crippen LogP contribution in [0.25, 0.3) is 0 Å². The number of primary amides is 2. The number of carbonyl (C=O) groups is 4. The molecule has 0 spiro atoms. The van der Waals surface area contributed by atoms with Crippen molar-refractivity contribution in [3.8, 4) is 0 Å². The minimum Gasteiger partial charge on any atom is -0.368 e. The zero-order valence-electron chi connectivity index (χ0n) is 16.2. The van der Waals surface area contributed by atoms with Crippen LogP contribution in [0.1, 0.15) is 21.9 Å². The van der Waals surface area contributed by atoms with E-state index < -0.39 is 49.4 Å². The van der Waals surface area contributed by atoms with Gasteiger partial charge in [-0.1, -0.05) is 21.6 Å². The molecule has 0 aromatic rings. The maximum absolute atomic E-state index is 11.4. The van der Waals surface area contributed by atoms with Crippen LogP contribution in [0.2, 0.25) is 0 Å². The first-order chi connectivity index (χ1) is 11.7. The molecule has 8 nitrogen and oxygen atoms in total. The molecule has 0 aliphatic rings. The maximum atomic E-state index is 11.4. The topological polar surface area (TPSA) is 144 Å². The fourth-order valence-electron chi connectivity index (χ4n) is 0.939. The van der Waals surface area contributed by atoms with Gasteiger partial charge in [-0.15, -0.1) is 0 Å². The van der Waals surface area contributed by atoms with Crippen LogP contribution < -0.4 is 22.1 Å². The first-order valence-electron chi connectivity index (χ1n) is 8.11. The van der Waals surface area contributed by atoms with E-state index in [4.69, 9.17) is 19.7 Å². The van der Waals surface area contributed by atoms with Crippen molar-refractivity contribution in [1.82, 2.24) is 10.6 Å². The van der Waals surface area contributed by atoms with Gasteiger partial charge < -0.3 is 22.1 Å². The van der Waals surface area contributed by atoms with E-state index in [1.165, 1.54) is 0 Å². The predicted octanol–water partition coefficient (Wildman–Crippen LogP) is -1.65. The third-order valence-corrected chi connectivity index (χ3v) is 4.27. The van der Waals surface area contributed by atoms with E-state index >= 15 is 0 Å². The second kappa shape index (κ2) is 9.48. The minimum absolute atomic E-state index is 0.124. The van der Waals surface area contributed by atoms with Crippen LogP contribution in [-0.4, -0.2) is 47.2 Å². The summed E-state index contributed by atoms with van der Waals surface area (Å²) in [6.45, 7) is -5.88. The van der Waals surface area contributed by atoms with Gasteiger partial charge in [-0.25, -0.2) is 0 Å². The van der Waals surface area contributed by atoms with Gasteiger partial charge in [-0.05, 0) is 0 Å². The van der Waals surface area contributed by atoms with Gasteiger partial charge in [0.1, 0.15) is 12.1 Å². The lowest BCUT2D eigenvalue weighted by atomic mass is 10.3. The molecule has 0 unspecified atom stereocenters. The zero-order chi connectivity index (χ0) is 20.7. The molecule has 0 bridgehead atoms. The Labute approximate surface area is 133 Å². The molecule has 0 saturated heterocycles. The molecule has 114 valence electrons.